The number of anilines is 1. The Balaban J connectivity index is 1.04. The van der Waals surface area contributed by atoms with E-state index in [0.717, 1.165) is 44.6 Å². The Morgan fingerprint density at radius 1 is 0.889 bits per heavy atom. The fraction of sp³-hybridized carbons (Fsp3) is 0.273. The molecule has 4 aliphatic rings. The summed E-state index contributed by atoms with van der Waals surface area (Å²) in [5, 5.41) is 21.7. The maximum atomic E-state index is 14.8. The van der Waals surface area contributed by atoms with Crippen molar-refractivity contribution >= 4 is 36.2 Å². The summed E-state index contributed by atoms with van der Waals surface area (Å²) in [5.74, 6) is 0.598. The van der Waals surface area contributed by atoms with Gasteiger partial charge in [-0.2, -0.15) is 0 Å². The van der Waals surface area contributed by atoms with E-state index in [-0.39, 0.29) is 55.9 Å². The number of aromatic amines is 1. The van der Waals surface area contributed by atoms with Gasteiger partial charge in [-0.1, -0.05) is 119 Å². The first-order valence-electron chi connectivity index (χ1n) is 24.2. The number of phosphoric ester groups is 1. The molecule has 16 nitrogen and oxygen atoms in total. The first kappa shape index (κ1) is 45.6. The molecule has 366 valence electrons. The first-order chi connectivity index (χ1) is 34.9. The van der Waals surface area contributed by atoms with Crippen LogP contribution in [0.25, 0.3) is 44.9 Å². The number of oxazole rings is 2. The molecule has 7 heterocycles. The van der Waals surface area contributed by atoms with Gasteiger partial charge in [-0.15, -0.1) is 0 Å². The summed E-state index contributed by atoms with van der Waals surface area (Å²) < 4.78 is 54.2. The first-order valence-corrected chi connectivity index (χ1v) is 25.7. The number of nitrogens with one attached hydrogen (secondary N) is 4. The van der Waals surface area contributed by atoms with Crippen molar-refractivity contribution in [1.29, 1.82) is 0 Å². The standard InChI is InChI=1S/C55H51N6O10P/c1-5-54(64,6-2)52(63)58-39-25-33-20-22-40-38(24-33)55-37-19-13-18-35(45(37)61-53(55)69-40)34-21-23-41(71-72(65,66-28-31-14-9-7-10-15-31)67-29-32-16-11-8-12-17-32)46-43(34)36(26-56-46)42-27-57-50(68-42)47-48(55)70-51(60-47)44(30(3)4)59-49(39)62/h7-24,26-27,30,39,44,53,56,61,64H,5-6,25,28-29H2,1-4H3,(H,58,63)(H,59,62). The molecule has 72 heavy (non-hydrogen) atoms. The topological polar surface area (TPSA) is 212 Å². The van der Waals surface area contributed by atoms with Crippen LogP contribution in [0.3, 0.4) is 0 Å². The van der Waals surface area contributed by atoms with Crippen molar-refractivity contribution in [3.8, 4) is 45.5 Å². The van der Waals surface area contributed by atoms with Gasteiger partial charge in [0, 0.05) is 45.9 Å². The molecule has 5 N–H and O–H groups in total. The Morgan fingerprint density at radius 3 is 2.33 bits per heavy atom. The van der Waals surface area contributed by atoms with Crippen LogP contribution < -0.4 is 25.2 Å². The van der Waals surface area contributed by atoms with Crippen LogP contribution in [-0.2, 0) is 48.3 Å². The monoisotopic (exact) mass is 986 g/mol. The van der Waals surface area contributed by atoms with E-state index >= 15 is 0 Å². The number of hydrogen-bond donors (Lipinski definition) is 5. The van der Waals surface area contributed by atoms with Crippen molar-refractivity contribution < 1.29 is 46.4 Å². The molecule has 8 aromatic rings. The van der Waals surface area contributed by atoms with Crippen LogP contribution in [0.5, 0.6) is 11.5 Å². The number of nitrogens with zero attached hydrogens (tertiary/aromatic N) is 2. The lowest BCUT2D eigenvalue weighted by atomic mass is 9.72. The zero-order valence-electron chi connectivity index (χ0n) is 39.9. The second-order valence-electron chi connectivity index (χ2n) is 19.1. The molecule has 4 unspecified atom stereocenters. The molecule has 12 rings (SSSR count). The van der Waals surface area contributed by atoms with Gasteiger partial charge < -0.3 is 44.1 Å². The van der Waals surface area contributed by atoms with Gasteiger partial charge in [-0.25, -0.2) is 14.5 Å². The number of carbonyl (C=O) groups is 2. The van der Waals surface area contributed by atoms with E-state index in [2.05, 4.69) is 20.9 Å². The molecule has 0 saturated carbocycles. The predicted octanol–water partition coefficient (Wildman–Crippen LogP) is 10.3. The third-order valence-corrected chi connectivity index (χ3v) is 15.8. The Bertz CT molecular complexity index is 3430. The van der Waals surface area contributed by atoms with Crippen LogP contribution in [0, 0.1) is 5.92 Å². The van der Waals surface area contributed by atoms with E-state index in [1.807, 2.05) is 117 Å². The van der Waals surface area contributed by atoms with Gasteiger partial charge in [-0.3, -0.25) is 18.6 Å². The second-order valence-corrected chi connectivity index (χ2v) is 20.7. The van der Waals surface area contributed by atoms with Crippen LogP contribution in [0.1, 0.15) is 86.0 Å². The van der Waals surface area contributed by atoms with Gasteiger partial charge in [-0.05, 0) is 59.2 Å². The largest absolute Gasteiger partial charge is 0.530 e. The van der Waals surface area contributed by atoms with E-state index in [1.54, 1.807) is 32.3 Å². The minimum atomic E-state index is -4.32. The van der Waals surface area contributed by atoms with Crippen molar-refractivity contribution in [2.75, 3.05) is 5.32 Å². The molecule has 0 radical (unpaired) electrons. The van der Waals surface area contributed by atoms with Crippen molar-refractivity contribution in [3.63, 3.8) is 0 Å². The number of aliphatic hydroxyl groups is 1. The molecule has 1 spiro atoms. The highest BCUT2D eigenvalue weighted by Crippen LogP contribution is 2.62. The number of carbonyl (C=O) groups excluding carboxylic acids is 2. The lowest BCUT2D eigenvalue weighted by Gasteiger charge is -2.30. The number of para-hydroxylation sites is 1. The highest BCUT2D eigenvalue weighted by atomic mass is 31.2. The molecule has 10 bridgehead atoms. The Morgan fingerprint density at radius 2 is 1.62 bits per heavy atom. The number of phosphoric acid groups is 1. The Labute approximate surface area is 414 Å². The summed E-state index contributed by atoms with van der Waals surface area (Å²) in [4.78, 5) is 41.7. The molecule has 3 aromatic heterocycles. The van der Waals surface area contributed by atoms with E-state index in [4.69, 9.17) is 37.1 Å². The SMILES string of the molecule is CCC(O)(CC)C(=O)NC1Cc2ccc3c(c2)C24c5cccc(c5NC2O3)-c2ccc(OP(=O)(OCc3ccccc3)OCc3ccccc3)c3[nH]cc(c23)-c2cnc(o2)-c2nc(oc24)C(C(C)C)NC1=O. The third-order valence-electron chi connectivity index (χ3n) is 14.5. The van der Waals surface area contributed by atoms with Gasteiger partial charge in [0.2, 0.25) is 17.7 Å². The molecule has 0 saturated heterocycles. The minimum Gasteiger partial charge on any atom is -0.469 e. The number of H-pyrrole nitrogens is 1. The maximum Gasteiger partial charge on any atom is 0.530 e. The Hall–Kier alpha value is -7.49. The molecule has 4 aliphatic heterocycles. The van der Waals surface area contributed by atoms with Crippen LogP contribution in [0.15, 0.2) is 130 Å². The summed E-state index contributed by atoms with van der Waals surface area (Å²) in [5.41, 5.74) is 4.77. The number of aromatic nitrogens is 3. The molecule has 5 aromatic carbocycles. The molecule has 2 amide bonds. The maximum absolute atomic E-state index is 14.8. The van der Waals surface area contributed by atoms with Gasteiger partial charge in [0.1, 0.15) is 28.8 Å². The van der Waals surface area contributed by atoms with Crippen molar-refractivity contribution in [3.05, 3.63) is 161 Å². The Kier molecular flexibility index (Phi) is 11.0. The summed E-state index contributed by atoms with van der Waals surface area (Å²) in [6.45, 7) is 7.31. The molecule has 0 fully saturated rings. The fourth-order valence-corrected chi connectivity index (χ4v) is 11.7. The summed E-state index contributed by atoms with van der Waals surface area (Å²) in [7, 11) is -4.32. The highest BCUT2D eigenvalue weighted by molar-refractivity contribution is 7.48. The van der Waals surface area contributed by atoms with Crippen molar-refractivity contribution in [2.45, 2.75) is 89.5 Å². The molecule has 17 heteroatoms. The number of benzene rings is 5. The summed E-state index contributed by atoms with van der Waals surface area (Å²) >= 11 is 0. The number of rotatable bonds is 13. The zero-order valence-corrected chi connectivity index (χ0v) is 40.7. The average Bonchev–Trinajstić information content (AvgIpc) is 4.24. The average molecular weight is 987 g/mol. The van der Waals surface area contributed by atoms with E-state index < -0.39 is 49.0 Å². The molecular weight excluding hydrogens is 936 g/mol. The van der Waals surface area contributed by atoms with Gasteiger partial charge >= 0.3 is 7.82 Å². The minimum absolute atomic E-state index is 0.0299. The number of ether oxygens (including phenoxy) is 1. The van der Waals surface area contributed by atoms with Gasteiger partial charge in [0.05, 0.1) is 24.9 Å². The smallest absolute Gasteiger partial charge is 0.469 e. The van der Waals surface area contributed by atoms with Crippen LogP contribution >= 0.6 is 7.82 Å². The zero-order chi connectivity index (χ0) is 49.5. The van der Waals surface area contributed by atoms with Crippen LogP contribution in [0.2, 0.25) is 0 Å². The highest BCUT2D eigenvalue weighted by Gasteiger charge is 2.62. The van der Waals surface area contributed by atoms with Crippen LogP contribution in [0.4, 0.5) is 5.69 Å². The van der Waals surface area contributed by atoms with E-state index in [1.165, 1.54) is 0 Å². The number of hydrogen-bond acceptors (Lipinski definition) is 13. The van der Waals surface area contributed by atoms with Gasteiger partial charge in [0.15, 0.2) is 29.2 Å². The third kappa shape index (κ3) is 7.34. The van der Waals surface area contributed by atoms with E-state index in [9.17, 15) is 19.3 Å². The van der Waals surface area contributed by atoms with Crippen molar-refractivity contribution in [1.82, 2.24) is 25.6 Å². The molecular formula is C55H51N6O10P. The summed E-state index contributed by atoms with van der Waals surface area (Å²) in [6.07, 6.45) is 3.08. The number of fused-ring (bicyclic) bond motifs is 7. The lowest BCUT2D eigenvalue weighted by molar-refractivity contribution is -0.143. The second kappa shape index (κ2) is 17.4. The fourth-order valence-electron chi connectivity index (χ4n) is 10.5. The van der Waals surface area contributed by atoms with Crippen molar-refractivity contribution in [2.24, 2.45) is 5.92 Å². The molecule has 0 aliphatic carbocycles. The molecule has 4 atom stereocenters. The number of amides is 2. The van der Waals surface area contributed by atoms with Gasteiger partial charge in [0.25, 0.3) is 5.91 Å². The summed E-state index contributed by atoms with van der Waals surface area (Å²) in [6, 6.07) is 32.4. The lowest BCUT2D eigenvalue weighted by Crippen LogP contribution is -2.55. The van der Waals surface area contributed by atoms with E-state index in [0.29, 0.717) is 39.4 Å². The quantitative estimate of drug-likeness (QED) is 0.0682. The van der Waals surface area contributed by atoms with Crippen LogP contribution in [-0.4, -0.2) is 49.7 Å². The predicted molar refractivity (Wildman–Crippen MR) is 267 cm³/mol. The normalized spacial score (nSPS) is 19.4.